The Morgan fingerprint density at radius 2 is 2.15 bits per heavy atom. The predicted molar refractivity (Wildman–Crippen MR) is 87.0 cm³/mol. The Bertz CT molecular complexity index is 530. The summed E-state index contributed by atoms with van der Waals surface area (Å²) in [5, 5.41) is 1.27. The van der Waals surface area contributed by atoms with Crippen LogP contribution in [0, 0.1) is 11.8 Å². The summed E-state index contributed by atoms with van der Waals surface area (Å²) < 4.78 is 1.30. The summed E-state index contributed by atoms with van der Waals surface area (Å²) >= 11 is 1.84. The average molecular weight is 288 g/mol. The molecule has 1 aliphatic rings. The van der Waals surface area contributed by atoms with Gasteiger partial charge >= 0.3 is 0 Å². The molecule has 0 aliphatic heterocycles. The molecule has 1 saturated carbocycles. The summed E-state index contributed by atoms with van der Waals surface area (Å²) in [4.78, 5) is 4.78. The van der Waals surface area contributed by atoms with Crippen LogP contribution in [0.25, 0.3) is 10.2 Å². The summed E-state index contributed by atoms with van der Waals surface area (Å²) in [6.07, 6.45) is 7.55. The van der Waals surface area contributed by atoms with E-state index in [-0.39, 0.29) is 0 Å². The molecule has 3 unspecified atom stereocenters. The van der Waals surface area contributed by atoms with Crippen LogP contribution in [0.4, 0.5) is 0 Å². The molecule has 0 radical (unpaired) electrons. The second kappa shape index (κ2) is 6.23. The molecular formula is C17H24N2S. The Labute approximate surface area is 125 Å². The molecule has 0 bridgehead atoms. The highest BCUT2D eigenvalue weighted by Crippen LogP contribution is 2.34. The zero-order valence-electron chi connectivity index (χ0n) is 12.2. The molecule has 1 aliphatic carbocycles. The Balaban J connectivity index is 1.71. The second-order valence-electron chi connectivity index (χ2n) is 6.17. The highest BCUT2D eigenvalue weighted by Gasteiger charge is 2.28. The highest BCUT2D eigenvalue weighted by atomic mass is 32.1. The fourth-order valence-electron chi connectivity index (χ4n) is 3.52. The number of para-hydroxylation sites is 1. The Hall–Kier alpha value is -0.930. The van der Waals surface area contributed by atoms with E-state index in [2.05, 4.69) is 31.2 Å². The van der Waals surface area contributed by atoms with E-state index in [1.807, 2.05) is 11.3 Å². The van der Waals surface area contributed by atoms with Gasteiger partial charge in [-0.15, -0.1) is 11.3 Å². The van der Waals surface area contributed by atoms with Gasteiger partial charge < -0.3 is 5.73 Å². The zero-order chi connectivity index (χ0) is 13.9. The lowest BCUT2D eigenvalue weighted by atomic mass is 9.75. The number of hydrogen-bond acceptors (Lipinski definition) is 3. The van der Waals surface area contributed by atoms with Gasteiger partial charge in [0.15, 0.2) is 0 Å². The van der Waals surface area contributed by atoms with Crippen molar-refractivity contribution in [1.82, 2.24) is 4.98 Å². The van der Waals surface area contributed by atoms with Crippen molar-refractivity contribution in [2.45, 2.75) is 51.5 Å². The maximum atomic E-state index is 6.36. The lowest BCUT2D eigenvalue weighted by Gasteiger charge is -2.33. The van der Waals surface area contributed by atoms with Crippen molar-refractivity contribution in [2.24, 2.45) is 17.6 Å². The first-order valence-electron chi connectivity index (χ1n) is 7.86. The molecule has 20 heavy (non-hydrogen) atoms. The van der Waals surface area contributed by atoms with Gasteiger partial charge in [0.05, 0.1) is 15.2 Å². The number of thiazole rings is 1. The van der Waals surface area contributed by atoms with Gasteiger partial charge in [0, 0.05) is 12.5 Å². The van der Waals surface area contributed by atoms with Crippen molar-refractivity contribution >= 4 is 21.6 Å². The van der Waals surface area contributed by atoms with Crippen LogP contribution in [-0.2, 0) is 6.42 Å². The van der Waals surface area contributed by atoms with E-state index in [1.54, 1.807) is 0 Å². The van der Waals surface area contributed by atoms with Crippen LogP contribution in [0.15, 0.2) is 24.3 Å². The van der Waals surface area contributed by atoms with Gasteiger partial charge in [0.25, 0.3) is 0 Å². The molecule has 2 aromatic rings. The second-order valence-corrected chi connectivity index (χ2v) is 7.29. The van der Waals surface area contributed by atoms with Crippen molar-refractivity contribution in [1.29, 1.82) is 0 Å². The normalized spacial score (nSPS) is 27.0. The molecule has 0 amide bonds. The molecule has 1 fully saturated rings. The molecule has 2 N–H and O–H groups in total. The molecule has 1 heterocycles. The smallest absolute Gasteiger partial charge is 0.0941 e. The van der Waals surface area contributed by atoms with Crippen molar-refractivity contribution in [3.63, 3.8) is 0 Å². The van der Waals surface area contributed by atoms with E-state index in [4.69, 9.17) is 10.7 Å². The van der Waals surface area contributed by atoms with Crippen LogP contribution in [0.3, 0.4) is 0 Å². The Morgan fingerprint density at radius 3 is 2.95 bits per heavy atom. The number of nitrogens with zero attached hydrogens (tertiary/aromatic N) is 1. The maximum absolute atomic E-state index is 6.36. The third-order valence-electron chi connectivity index (χ3n) is 4.62. The van der Waals surface area contributed by atoms with E-state index in [0.717, 1.165) is 17.9 Å². The fourth-order valence-corrected chi connectivity index (χ4v) is 4.58. The largest absolute Gasteiger partial charge is 0.327 e. The van der Waals surface area contributed by atoms with Crippen molar-refractivity contribution in [3.05, 3.63) is 29.3 Å². The molecule has 0 saturated heterocycles. The highest BCUT2D eigenvalue weighted by molar-refractivity contribution is 7.18. The molecule has 2 nitrogen and oxygen atoms in total. The SMILES string of the molecule is CCCC1CCC(N)C(Cc2nc3ccccc3s2)C1. The van der Waals surface area contributed by atoms with Crippen molar-refractivity contribution in [3.8, 4) is 0 Å². The monoisotopic (exact) mass is 288 g/mol. The number of rotatable bonds is 4. The third kappa shape index (κ3) is 3.04. The summed E-state index contributed by atoms with van der Waals surface area (Å²) in [6, 6.07) is 8.80. The molecule has 0 spiro atoms. The number of hydrogen-bond donors (Lipinski definition) is 1. The minimum absolute atomic E-state index is 0.370. The van der Waals surface area contributed by atoms with Crippen LogP contribution in [0.5, 0.6) is 0 Å². The van der Waals surface area contributed by atoms with Gasteiger partial charge in [-0.1, -0.05) is 31.9 Å². The third-order valence-corrected chi connectivity index (χ3v) is 5.68. The Morgan fingerprint density at radius 1 is 1.30 bits per heavy atom. The molecule has 1 aromatic carbocycles. The summed E-state index contributed by atoms with van der Waals surface area (Å²) in [7, 11) is 0. The first kappa shape index (κ1) is 14.0. The van der Waals surface area contributed by atoms with E-state index in [9.17, 15) is 0 Å². The van der Waals surface area contributed by atoms with Crippen LogP contribution in [-0.4, -0.2) is 11.0 Å². The summed E-state index contributed by atoms with van der Waals surface area (Å²) in [6.45, 7) is 2.29. The van der Waals surface area contributed by atoms with E-state index in [0.29, 0.717) is 12.0 Å². The van der Waals surface area contributed by atoms with Crippen LogP contribution >= 0.6 is 11.3 Å². The molecule has 3 rings (SSSR count). The summed E-state index contributed by atoms with van der Waals surface area (Å²) in [5.74, 6) is 1.51. The number of nitrogens with two attached hydrogens (primary N) is 1. The van der Waals surface area contributed by atoms with Gasteiger partial charge in [0.1, 0.15) is 0 Å². The van der Waals surface area contributed by atoms with Crippen LogP contribution in [0.2, 0.25) is 0 Å². The first-order chi connectivity index (χ1) is 9.76. The van der Waals surface area contributed by atoms with Crippen molar-refractivity contribution in [2.75, 3.05) is 0 Å². The number of aromatic nitrogens is 1. The predicted octanol–water partition coefficient (Wildman–Crippen LogP) is 4.38. The van der Waals surface area contributed by atoms with Gasteiger partial charge in [-0.2, -0.15) is 0 Å². The molecule has 1 aromatic heterocycles. The Kier molecular flexibility index (Phi) is 4.37. The molecule has 3 heteroatoms. The fraction of sp³-hybridized carbons (Fsp3) is 0.588. The topological polar surface area (TPSA) is 38.9 Å². The average Bonchev–Trinajstić information content (AvgIpc) is 2.85. The standard InChI is InChI=1S/C17H24N2S/c1-2-5-12-8-9-14(18)13(10-12)11-17-19-15-6-3-4-7-16(15)20-17/h3-4,6-7,12-14H,2,5,8-11,18H2,1H3. The number of benzene rings is 1. The lowest BCUT2D eigenvalue weighted by Crippen LogP contribution is -2.37. The number of fused-ring (bicyclic) bond motifs is 1. The van der Waals surface area contributed by atoms with E-state index < -0.39 is 0 Å². The summed E-state index contributed by atoms with van der Waals surface area (Å²) in [5.41, 5.74) is 7.50. The molecular weight excluding hydrogens is 264 g/mol. The lowest BCUT2D eigenvalue weighted by molar-refractivity contribution is 0.221. The van der Waals surface area contributed by atoms with Crippen molar-refractivity contribution < 1.29 is 0 Å². The quantitative estimate of drug-likeness (QED) is 0.906. The molecule has 108 valence electrons. The van der Waals surface area contributed by atoms with E-state index >= 15 is 0 Å². The van der Waals surface area contributed by atoms with E-state index in [1.165, 1.54) is 41.8 Å². The van der Waals surface area contributed by atoms with Crippen LogP contribution < -0.4 is 5.73 Å². The van der Waals surface area contributed by atoms with Gasteiger partial charge in [-0.25, -0.2) is 4.98 Å². The first-order valence-corrected chi connectivity index (χ1v) is 8.68. The van der Waals surface area contributed by atoms with Crippen LogP contribution in [0.1, 0.15) is 44.0 Å². The molecule has 3 atom stereocenters. The van der Waals surface area contributed by atoms with Gasteiger partial charge in [0.2, 0.25) is 0 Å². The zero-order valence-corrected chi connectivity index (χ0v) is 13.0. The van der Waals surface area contributed by atoms with Gasteiger partial charge in [-0.3, -0.25) is 0 Å². The van der Waals surface area contributed by atoms with Gasteiger partial charge in [-0.05, 0) is 43.2 Å². The minimum Gasteiger partial charge on any atom is -0.327 e. The maximum Gasteiger partial charge on any atom is 0.0941 e. The minimum atomic E-state index is 0.370.